The van der Waals surface area contributed by atoms with Gasteiger partial charge in [-0.2, -0.15) is 0 Å². The minimum atomic E-state index is -2.89. The zero-order valence-corrected chi connectivity index (χ0v) is 8.03. The van der Waals surface area contributed by atoms with Gasteiger partial charge in [0, 0.05) is 12.5 Å². The highest BCUT2D eigenvalue weighted by atomic mass is 19.3. The molecule has 0 aliphatic rings. The lowest BCUT2D eigenvalue weighted by Crippen LogP contribution is -2.11. The number of allylic oxidation sites excluding steroid dienone is 5. The largest absolute Gasteiger partial charge is 0.269 e. The fourth-order valence-corrected chi connectivity index (χ4v) is 0.671. The van der Waals surface area contributed by atoms with Gasteiger partial charge in [0.05, 0.1) is 0 Å². The third-order valence-electron chi connectivity index (χ3n) is 1.61. The van der Waals surface area contributed by atoms with Gasteiger partial charge in [0.1, 0.15) is 0 Å². The van der Waals surface area contributed by atoms with Crippen LogP contribution in [0, 0.1) is 0 Å². The van der Waals surface area contributed by atoms with Crippen LogP contribution in [0.3, 0.4) is 0 Å². The molecule has 0 rings (SSSR count). The molecule has 0 fully saturated rings. The lowest BCUT2D eigenvalue weighted by molar-refractivity contribution is 0.0679. The maximum Gasteiger partial charge on any atom is 0.269 e. The van der Waals surface area contributed by atoms with Crippen molar-refractivity contribution in [2.45, 2.75) is 19.8 Å². The van der Waals surface area contributed by atoms with Gasteiger partial charge in [0.15, 0.2) is 0 Å². The Bertz CT molecular complexity index is 264. The molecular formula is C11H14F2. The summed E-state index contributed by atoms with van der Waals surface area (Å²) in [6, 6.07) is 0. The van der Waals surface area contributed by atoms with Crippen LogP contribution in [0.15, 0.2) is 48.6 Å². The Kier molecular flexibility index (Phi) is 3.79. The quantitative estimate of drug-likeness (QED) is 0.581. The predicted octanol–water partition coefficient (Wildman–Crippen LogP) is 3.89. The van der Waals surface area contributed by atoms with E-state index in [0.717, 1.165) is 6.92 Å². The molecule has 0 heterocycles. The molecule has 0 N–H and O–H groups in total. The summed E-state index contributed by atoms with van der Waals surface area (Å²) in [4.78, 5) is 0. The average molecular weight is 184 g/mol. The van der Waals surface area contributed by atoms with Crippen molar-refractivity contribution < 1.29 is 8.78 Å². The molecule has 0 saturated carbocycles. The molecule has 0 unspecified atom stereocenters. The van der Waals surface area contributed by atoms with E-state index in [2.05, 4.69) is 19.7 Å². The Morgan fingerprint density at radius 1 is 1.31 bits per heavy atom. The molecule has 0 aromatic carbocycles. The van der Waals surface area contributed by atoms with Crippen LogP contribution in [0.25, 0.3) is 0 Å². The summed E-state index contributed by atoms with van der Waals surface area (Å²) in [5, 5.41) is 0. The van der Waals surface area contributed by atoms with Gasteiger partial charge < -0.3 is 0 Å². The highest BCUT2D eigenvalue weighted by molar-refractivity contribution is 5.41. The van der Waals surface area contributed by atoms with Crippen LogP contribution in [0.2, 0.25) is 0 Å². The number of rotatable bonds is 4. The third kappa shape index (κ3) is 3.83. The highest BCUT2D eigenvalue weighted by Gasteiger charge is 2.23. The smallest absolute Gasteiger partial charge is 0.202 e. The molecule has 0 radical (unpaired) electrons. The first kappa shape index (κ1) is 11.8. The van der Waals surface area contributed by atoms with Crippen molar-refractivity contribution in [3.8, 4) is 0 Å². The topological polar surface area (TPSA) is 0 Å². The van der Waals surface area contributed by atoms with Crippen molar-refractivity contribution in [2.75, 3.05) is 0 Å². The molecule has 0 bridgehead atoms. The summed E-state index contributed by atoms with van der Waals surface area (Å²) in [6.07, 6.45) is 2.79. The summed E-state index contributed by atoms with van der Waals surface area (Å²) in [7, 11) is 0. The Balaban J connectivity index is 4.83. The van der Waals surface area contributed by atoms with E-state index >= 15 is 0 Å². The van der Waals surface area contributed by atoms with E-state index in [1.807, 2.05) is 0 Å². The van der Waals surface area contributed by atoms with E-state index in [9.17, 15) is 8.78 Å². The number of alkyl halides is 2. The van der Waals surface area contributed by atoms with E-state index in [1.165, 1.54) is 12.2 Å². The van der Waals surface area contributed by atoms with Gasteiger partial charge in [-0.3, -0.25) is 0 Å². The highest BCUT2D eigenvalue weighted by Crippen LogP contribution is 2.24. The Morgan fingerprint density at radius 2 is 1.77 bits per heavy atom. The van der Waals surface area contributed by atoms with Crippen LogP contribution < -0.4 is 0 Å². The molecule has 0 spiro atoms. The Morgan fingerprint density at radius 3 is 2.00 bits per heavy atom. The molecule has 0 aromatic heterocycles. The SMILES string of the molecule is C=C/C(=C\C(=C)C(C)(F)F)C(=C)C. The third-order valence-corrected chi connectivity index (χ3v) is 1.61. The minimum Gasteiger partial charge on any atom is -0.202 e. The molecule has 13 heavy (non-hydrogen) atoms. The number of hydrogen-bond acceptors (Lipinski definition) is 0. The van der Waals surface area contributed by atoms with Crippen LogP contribution >= 0.6 is 0 Å². The average Bonchev–Trinajstić information content (AvgIpc) is 1.96. The summed E-state index contributed by atoms with van der Waals surface area (Å²) < 4.78 is 25.3. The summed E-state index contributed by atoms with van der Waals surface area (Å²) in [5.74, 6) is -2.89. The Labute approximate surface area is 78.0 Å². The molecule has 0 nitrogen and oxygen atoms in total. The maximum atomic E-state index is 12.7. The van der Waals surface area contributed by atoms with Crippen molar-refractivity contribution in [1.29, 1.82) is 0 Å². The van der Waals surface area contributed by atoms with Gasteiger partial charge in [-0.1, -0.05) is 31.4 Å². The Hall–Kier alpha value is -1.18. The maximum absolute atomic E-state index is 12.7. The van der Waals surface area contributed by atoms with Crippen LogP contribution in [0.5, 0.6) is 0 Å². The normalized spacial score (nSPS) is 12.5. The number of hydrogen-bond donors (Lipinski definition) is 0. The van der Waals surface area contributed by atoms with E-state index in [-0.39, 0.29) is 5.57 Å². The van der Waals surface area contributed by atoms with Gasteiger partial charge in [-0.15, -0.1) is 0 Å². The van der Waals surface area contributed by atoms with Crippen molar-refractivity contribution in [1.82, 2.24) is 0 Å². The van der Waals surface area contributed by atoms with Crippen LogP contribution in [-0.2, 0) is 0 Å². The second-order valence-electron chi connectivity index (χ2n) is 3.00. The van der Waals surface area contributed by atoms with Gasteiger partial charge in [0.25, 0.3) is 5.92 Å². The molecule has 72 valence electrons. The molecule has 2 heteroatoms. The molecule has 0 aromatic rings. The van der Waals surface area contributed by atoms with Crippen LogP contribution in [-0.4, -0.2) is 5.92 Å². The van der Waals surface area contributed by atoms with Crippen LogP contribution in [0.4, 0.5) is 8.78 Å². The van der Waals surface area contributed by atoms with Crippen molar-refractivity contribution >= 4 is 0 Å². The zero-order valence-electron chi connectivity index (χ0n) is 8.03. The van der Waals surface area contributed by atoms with E-state index in [4.69, 9.17) is 0 Å². The lowest BCUT2D eigenvalue weighted by atomic mass is 10.0. The van der Waals surface area contributed by atoms with Crippen LogP contribution in [0.1, 0.15) is 13.8 Å². The zero-order chi connectivity index (χ0) is 10.6. The fraction of sp³-hybridized carbons (Fsp3) is 0.273. The molecule has 0 amide bonds. The summed E-state index contributed by atoms with van der Waals surface area (Å²) >= 11 is 0. The van der Waals surface area contributed by atoms with E-state index < -0.39 is 5.92 Å². The molecular weight excluding hydrogens is 170 g/mol. The van der Waals surface area contributed by atoms with E-state index in [1.54, 1.807) is 6.92 Å². The molecule has 0 aliphatic heterocycles. The second kappa shape index (κ2) is 4.17. The van der Waals surface area contributed by atoms with Gasteiger partial charge >= 0.3 is 0 Å². The van der Waals surface area contributed by atoms with Gasteiger partial charge in [0.2, 0.25) is 0 Å². The van der Waals surface area contributed by atoms with Gasteiger partial charge in [-0.05, 0) is 18.6 Å². The standard InChI is InChI=1S/C11H14F2/c1-6-10(8(2)3)7-9(4)11(5,12)13/h6-7H,1-2,4H2,3,5H3/b10-7+. The minimum absolute atomic E-state index is 0.231. The predicted molar refractivity (Wildman–Crippen MR) is 52.9 cm³/mol. The number of halogens is 2. The summed E-state index contributed by atoms with van der Waals surface area (Å²) in [6.45, 7) is 13.0. The molecule has 0 atom stereocenters. The van der Waals surface area contributed by atoms with Crippen molar-refractivity contribution in [2.24, 2.45) is 0 Å². The van der Waals surface area contributed by atoms with Gasteiger partial charge in [-0.25, -0.2) is 8.78 Å². The van der Waals surface area contributed by atoms with E-state index in [0.29, 0.717) is 11.1 Å². The second-order valence-corrected chi connectivity index (χ2v) is 3.00. The summed E-state index contributed by atoms with van der Waals surface area (Å²) in [5.41, 5.74) is 1.05. The lowest BCUT2D eigenvalue weighted by Gasteiger charge is -2.11. The first-order valence-electron chi connectivity index (χ1n) is 3.86. The first-order chi connectivity index (χ1) is 5.79. The molecule has 0 aliphatic carbocycles. The fourth-order valence-electron chi connectivity index (χ4n) is 0.671. The monoisotopic (exact) mass is 184 g/mol. The molecule has 0 saturated heterocycles. The first-order valence-corrected chi connectivity index (χ1v) is 3.86. The van der Waals surface area contributed by atoms with Crippen molar-refractivity contribution in [3.05, 3.63) is 48.6 Å². The van der Waals surface area contributed by atoms with Crippen molar-refractivity contribution in [3.63, 3.8) is 0 Å².